The first kappa shape index (κ1) is 7.25. The standard InChI is InChI=1S/C5H8ClFO2/c6-5(7)1-4(5,2-8)3-9/h8-9H,1-3H2. The molecule has 1 aliphatic rings. The average Bonchev–Trinajstić information content (AvgIpc) is 2.35. The van der Waals surface area contributed by atoms with E-state index in [0.29, 0.717) is 0 Å². The summed E-state index contributed by atoms with van der Waals surface area (Å²) in [6.07, 6.45) is 0.0502. The van der Waals surface area contributed by atoms with Crippen LogP contribution >= 0.6 is 11.6 Å². The third-order valence-corrected chi connectivity index (χ3v) is 2.35. The van der Waals surface area contributed by atoms with E-state index in [2.05, 4.69) is 0 Å². The number of alkyl halides is 2. The van der Waals surface area contributed by atoms with E-state index < -0.39 is 10.5 Å². The second-order valence-electron chi connectivity index (χ2n) is 2.48. The summed E-state index contributed by atoms with van der Waals surface area (Å²) in [7, 11) is 0. The summed E-state index contributed by atoms with van der Waals surface area (Å²) < 4.78 is 12.6. The molecule has 0 heterocycles. The van der Waals surface area contributed by atoms with Gasteiger partial charge in [0.25, 0.3) is 0 Å². The van der Waals surface area contributed by atoms with Gasteiger partial charge in [0.2, 0.25) is 0 Å². The van der Waals surface area contributed by atoms with Crippen molar-refractivity contribution in [2.75, 3.05) is 13.2 Å². The Morgan fingerprint density at radius 3 is 1.78 bits per heavy atom. The molecular formula is C5H8ClFO2. The maximum atomic E-state index is 12.6. The maximum Gasteiger partial charge on any atom is 0.194 e. The SMILES string of the molecule is OCC1(CO)CC1(F)Cl. The molecule has 1 fully saturated rings. The highest BCUT2D eigenvalue weighted by atomic mass is 35.5. The largest absolute Gasteiger partial charge is 0.396 e. The fraction of sp³-hybridized carbons (Fsp3) is 1.00. The van der Waals surface area contributed by atoms with E-state index in [1.807, 2.05) is 0 Å². The summed E-state index contributed by atoms with van der Waals surface area (Å²) in [6.45, 7) is -0.771. The minimum absolute atomic E-state index is 0.0502. The molecule has 9 heavy (non-hydrogen) atoms. The minimum Gasteiger partial charge on any atom is -0.396 e. The average molecular weight is 155 g/mol. The van der Waals surface area contributed by atoms with Crippen LogP contribution in [0.4, 0.5) is 4.39 Å². The Kier molecular flexibility index (Phi) is 1.46. The van der Waals surface area contributed by atoms with Gasteiger partial charge in [-0.1, -0.05) is 11.6 Å². The molecule has 0 aromatic heterocycles. The molecule has 0 radical (unpaired) electrons. The third-order valence-electron chi connectivity index (χ3n) is 1.82. The smallest absolute Gasteiger partial charge is 0.194 e. The maximum absolute atomic E-state index is 12.6. The first-order valence-corrected chi connectivity index (χ1v) is 3.05. The lowest BCUT2D eigenvalue weighted by Gasteiger charge is -2.07. The lowest BCUT2D eigenvalue weighted by atomic mass is 10.1. The molecule has 4 heteroatoms. The number of aliphatic hydroxyl groups excluding tert-OH is 2. The van der Waals surface area contributed by atoms with Gasteiger partial charge in [-0.3, -0.25) is 0 Å². The van der Waals surface area contributed by atoms with Crippen LogP contribution in [0.25, 0.3) is 0 Å². The third kappa shape index (κ3) is 0.838. The van der Waals surface area contributed by atoms with E-state index in [4.69, 9.17) is 21.8 Å². The van der Waals surface area contributed by atoms with Crippen molar-refractivity contribution in [2.45, 2.75) is 11.5 Å². The fourth-order valence-corrected chi connectivity index (χ4v) is 1.15. The van der Waals surface area contributed by atoms with Gasteiger partial charge in [0.15, 0.2) is 5.13 Å². The molecule has 0 amide bonds. The first-order valence-electron chi connectivity index (χ1n) is 2.67. The molecule has 0 bridgehead atoms. The van der Waals surface area contributed by atoms with Gasteiger partial charge in [0.1, 0.15) is 0 Å². The highest BCUT2D eigenvalue weighted by Crippen LogP contribution is 2.61. The summed E-state index contributed by atoms with van der Waals surface area (Å²) in [5.74, 6) is 0. The molecule has 2 nitrogen and oxygen atoms in total. The molecule has 2 N–H and O–H groups in total. The zero-order valence-corrected chi connectivity index (χ0v) is 5.53. The van der Waals surface area contributed by atoms with Crippen LogP contribution in [0.2, 0.25) is 0 Å². The normalized spacial score (nSPS) is 38.7. The van der Waals surface area contributed by atoms with E-state index in [9.17, 15) is 4.39 Å². The summed E-state index contributed by atoms with van der Waals surface area (Å²) >= 11 is 5.18. The Morgan fingerprint density at radius 1 is 1.44 bits per heavy atom. The molecular weight excluding hydrogens is 147 g/mol. The van der Waals surface area contributed by atoms with Crippen LogP contribution in [-0.2, 0) is 0 Å². The number of rotatable bonds is 2. The summed E-state index contributed by atoms with van der Waals surface area (Å²) in [5, 5.41) is 15.2. The van der Waals surface area contributed by atoms with Crippen molar-refractivity contribution in [1.29, 1.82) is 0 Å². The Hall–Kier alpha value is 0.140. The monoisotopic (exact) mass is 154 g/mol. The summed E-state index contributed by atoms with van der Waals surface area (Å²) in [6, 6.07) is 0. The van der Waals surface area contributed by atoms with Crippen LogP contribution in [0.3, 0.4) is 0 Å². The van der Waals surface area contributed by atoms with Gasteiger partial charge < -0.3 is 10.2 Å². The van der Waals surface area contributed by atoms with Crippen LogP contribution in [0.5, 0.6) is 0 Å². The molecule has 0 aliphatic heterocycles. The summed E-state index contributed by atoms with van der Waals surface area (Å²) in [4.78, 5) is 0. The zero-order valence-electron chi connectivity index (χ0n) is 4.77. The van der Waals surface area contributed by atoms with Crippen molar-refractivity contribution in [1.82, 2.24) is 0 Å². The van der Waals surface area contributed by atoms with Gasteiger partial charge in [-0.2, -0.15) is 0 Å². The Morgan fingerprint density at radius 2 is 1.78 bits per heavy atom. The number of aliphatic hydroxyl groups is 2. The van der Waals surface area contributed by atoms with Crippen molar-refractivity contribution in [2.24, 2.45) is 5.41 Å². The lowest BCUT2D eigenvalue weighted by molar-refractivity contribution is 0.105. The molecule has 54 valence electrons. The van der Waals surface area contributed by atoms with Crippen molar-refractivity contribution in [3.63, 3.8) is 0 Å². The van der Waals surface area contributed by atoms with Crippen LogP contribution in [0, 0.1) is 5.41 Å². The van der Waals surface area contributed by atoms with Crippen molar-refractivity contribution >= 4 is 11.6 Å². The number of hydrogen-bond acceptors (Lipinski definition) is 2. The van der Waals surface area contributed by atoms with E-state index in [-0.39, 0.29) is 19.6 Å². The van der Waals surface area contributed by atoms with Crippen molar-refractivity contribution in [3.05, 3.63) is 0 Å². The lowest BCUT2D eigenvalue weighted by Crippen LogP contribution is -2.19. The second-order valence-corrected chi connectivity index (χ2v) is 3.08. The van der Waals surface area contributed by atoms with Gasteiger partial charge in [-0.25, -0.2) is 4.39 Å². The van der Waals surface area contributed by atoms with Gasteiger partial charge >= 0.3 is 0 Å². The first-order chi connectivity index (χ1) is 4.08. The predicted octanol–water partition coefficient (Wildman–Crippen LogP) is 0.266. The molecule has 0 aromatic carbocycles. The van der Waals surface area contributed by atoms with Crippen LogP contribution in [-0.4, -0.2) is 28.6 Å². The Labute approximate surface area is 57.3 Å². The fourth-order valence-electron chi connectivity index (χ4n) is 0.774. The van der Waals surface area contributed by atoms with E-state index in [0.717, 1.165) is 0 Å². The van der Waals surface area contributed by atoms with Crippen molar-refractivity contribution in [3.8, 4) is 0 Å². The molecule has 0 saturated heterocycles. The topological polar surface area (TPSA) is 40.5 Å². The molecule has 1 saturated carbocycles. The van der Waals surface area contributed by atoms with E-state index in [1.54, 1.807) is 0 Å². The second kappa shape index (κ2) is 1.81. The molecule has 1 unspecified atom stereocenters. The molecule has 1 rings (SSSR count). The van der Waals surface area contributed by atoms with Crippen LogP contribution in [0.15, 0.2) is 0 Å². The number of hydrogen-bond donors (Lipinski definition) is 2. The highest BCUT2D eigenvalue weighted by Gasteiger charge is 2.68. The van der Waals surface area contributed by atoms with Gasteiger partial charge in [-0.15, -0.1) is 0 Å². The summed E-state index contributed by atoms with van der Waals surface area (Å²) in [5.41, 5.74) is -1.06. The Bertz CT molecular complexity index is 122. The molecule has 0 spiro atoms. The molecule has 1 atom stereocenters. The zero-order chi connectivity index (χ0) is 7.12. The van der Waals surface area contributed by atoms with Crippen LogP contribution in [0.1, 0.15) is 6.42 Å². The minimum atomic E-state index is -1.86. The van der Waals surface area contributed by atoms with Gasteiger partial charge in [0, 0.05) is 6.42 Å². The van der Waals surface area contributed by atoms with Crippen LogP contribution < -0.4 is 0 Å². The van der Waals surface area contributed by atoms with Gasteiger partial charge in [0.05, 0.1) is 18.6 Å². The van der Waals surface area contributed by atoms with Crippen molar-refractivity contribution < 1.29 is 14.6 Å². The highest BCUT2D eigenvalue weighted by molar-refractivity contribution is 6.25. The van der Waals surface area contributed by atoms with E-state index >= 15 is 0 Å². The molecule has 1 aliphatic carbocycles. The number of halogens is 2. The Balaban J connectivity index is 2.57. The molecule has 0 aromatic rings. The van der Waals surface area contributed by atoms with Gasteiger partial charge in [-0.05, 0) is 0 Å². The van der Waals surface area contributed by atoms with E-state index in [1.165, 1.54) is 0 Å². The predicted molar refractivity (Wildman–Crippen MR) is 30.9 cm³/mol. The quantitative estimate of drug-likeness (QED) is 0.561.